The first-order valence-electron chi connectivity index (χ1n) is 8.08. The Bertz CT molecular complexity index is 938. The second-order valence-electron chi connectivity index (χ2n) is 5.73. The fraction of sp³-hybridized carbons (Fsp3) is 0.158. The van der Waals surface area contributed by atoms with Gasteiger partial charge in [-0.3, -0.25) is 20.4 Å². The highest BCUT2D eigenvalue weighted by molar-refractivity contribution is 6.32. The summed E-state index contributed by atoms with van der Waals surface area (Å²) in [5, 5.41) is 1.46. The van der Waals surface area contributed by atoms with Crippen LogP contribution in [-0.2, 0) is 16.1 Å². The van der Waals surface area contributed by atoms with E-state index in [4.69, 9.17) is 16.3 Å². The number of hydrogen-bond donors (Lipinski definition) is 2. The van der Waals surface area contributed by atoms with Gasteiger partial charge in [0.15, 0.2) is 6.10 Å². The third-order valence-electron chi connectivity index (χ3n) is 3.83. The maximum Gasteiger partial charge on any atom is 0.279 e. The Kier molecular flexibility index (Phi) is 5.43. The molecular formula is C19H18ClN3O3. The van der Waals surface area contributed by atoms with Gasteiger partial charge in [0.1, 0.15) is 12.3 Å². The predicted octanol–water partition coefficient (Wildman–Crippen LogP) is 2.91. The van der Waals surface area contributed by atoms with Gasteiger partial charge in [0, 0.05) is 11.7 Å². The third kappa shape index (κ3) is 4.15. The molecule has 0 fully saturated rings. The van der Waals surface area contributed by atoms with Gasteiger partial charge in [0.2, 0.25) is 0 Å². The maximum absolute atomic E-state index is 12.1. The first kappa shape index (κ1) is 17.8. The summed E-state index contributed by atoms with van der Waals surface area (Å²) in [7, 11) is 0. The van der Waals surface area contributed by atoms with Crippen LogP contribution in [-0.4, -0.2) is 22.5 Å². The molecule has 0 saturated heterocycles. The molecule has 0 bridgehead atoms. The Morgan fingerprint density at radius 3 is 2.62 bits per heavy atom. The summed E-state index contributed by atoms with van der Waals surface area (Å²) in [4.78, 5) is 24.2. The van der Waals surface area contributed by atoms with Crippen LogP contribution in [0.2, 0.25) is 5.02 Å². The Hall–Kier alpha value is -2.99. The van der Waals surface area contributed by atoms with Crippen molar-refractivity contribution in [2.45, 2.75) is 19.6 Å². The SMILES string of the molecule is CC(Oc1ccccc1Cl)C(=O)NNC(=O)Cn1ccc2ccccc21. The highest BCUT2D eigenvalue weighted by atomic mass is 35.5. The number of carbonyl (C=O) groups is 2. The quantitative estimate of drug-likeness (QED) is 0.677. The molecule has 1 heterocycles. The number of halogens is 1. The highest BCUT2D eigenvalue weighted by Gasteiger charge is 2.16. The summed E-state index contributed by atoms with van der Waals surface area (Å²) >= 11 is 6.00. The van der Waals surface area contributed by atoms with E-state index in [-0.39, 0.29) is 12.5 Å². The van der Waals surface area contributed by atoms with Crippen LogP contribution in [0.4, 0.5) is 0 Å². The van der Waals surface area contributed by atoms with Gasteiger partial charge in [-0.05, 0) is 36.6 Å². The molecule has 0 aliphatic carbocycles. The van der Waals surface area contributed by atoms with Crippen LogP contribution in [0.3, 0.4) is 0 Å². The number of rotatable bonds is 5. The molecule has 0 aliphatic heterocycles. The second kappa shape index (κ2) is 7.93. The van der Waals surface area contributed by atoms with Gasteiger partial charge in [0.25, 0.3) is 11.8 Å². The van der Waals surface area contributed by atoms with E-state index in [1.807, 2.05) is 36.5 Å². The van der Waals surface area contributed by atoms with E-state index in [1.165, 1.54) is 0 Å². The van der Waals surface area contributed by atoms with E-state index >= 15 is 0 Å². The zero-order valence-corrected chi connectivity index (χ0v) is 14.9. The number of ether oxygens (including phenoxy) is 1. The lowest BCUT2D eigenvalue weighted by atomic mass is 10.2. The fourth-order valence-electron chi connectivity index (χ4n) is 2.49. The van der Waals surface area contributed by atoms with Crippen LogP contribution in [0.25, 0.3) is 10.9 Å². The highest BCUT2D eigenvalue weighted by Crippen LogP contribution is 2.24. The van der Waals surface area contributed by atoms with Crippen molar-refractivity contribution in [3.8, 4) is 5.75 Å². The van der Waals surface area contributed by atoms with Crippen LogP contribution in [0.1, 0.15) is 6.92 Å². The van der Waals surface area contributed by atoms with Gasteiger partial charge in [-0.25, -0.2) is 0 Å². The van der Waals surface area contributed by atoms with Crippen LogP contribution in [0.15, 0.2) is 60.8 Å². The minimum atomic E-state index is -0.817. The molecule has 3 aromatic rings. The minimum absolute atomic E-state index is 0.0908. The molecular weight excluding hydrogens is 354 g/mol. The summed E-state index contributed by atoms with van der Waals surface area (Å²) in [6.45, 7) is 1.66. The predicted molar refractivity (Wildman–Crippen MR) is 99.8 cm³/mol. The Balaban J connectivity index is 1.52. The molecule has 26 heavy (non-hydrogen) atoms. The number of amides is 2. The first-order chi connectivity index (χ1) is 12.5. The largest absolute Gasteiger partial charge is 0.479 e. The second-order valence-corrected chi connectivity index (χ2v) is 6.14. The van der Waals surface area contributed by atoms with Gasteiger partial charge < -0.3 is 9.30 Å². The molecule has 0 spiro atoms. The molecule has 2 amide bonds. The summed E-state index contributed by atoms with van der Waals surface area (Å²) in [5.74, 6) is -0.415. The number of aromatic nitrogens is 1. The minimum Gasteiger partial charge on any atom is -0.479 e. The smallest absolute Gasteiger partial charge is 0.279 e. The van der Waals surface area contributed by atoms with E-state index < -0.39 is 12.0 Å². The van der Waals surface area contributed by atoms with Crippen LogP contribution in [0.5, 0.6) is 5.75 Å². The van der Waals surface area contributed by atoms with Crippen molar-refractivity contribution in [2.75, 3.05) is 0 Å². The summed E-state index contributed by atoms with van der Waals surface area (Å²) in [5.41, 5.74) is 5.71. The van der Waals surface area contributed by atoms with Crippen LogP contribution >= 0.6 is 11.6 Å². The normalized spacial score (nSPS) is 11.8. The van der Waals surface area contributed by atoms with Gasteiger partial charge in [-0.2, -0.15) is 0 Å². The summed E-state index contributed by atoms with van der Waals surface area (Å²) in [6.07, 6.45) is 1.01. The Labute approximate surface area is 155 Å². The van der Waals surface area contributed by atoms with E-state index in [0.717, 1.165) is 10.9 Å². The van der Waals surface area contributed by atoms with Crippen LogP contribution in [0, 0.1) is 0 Å². The van der Waals surface area contributed by atoms with E-state index in [0.29, 0.717) is 10.8 Å². The standard InChI is InChI=1S/C19H18ClN3O3/c1-13(26-17-9-5-3-7-15(17)20)19(25)22-21-18(24)12-23-11-10-14-6-2-4-8-16(14)23/h2-11,13H,12H2,1H3,(H,21,24)(H,22,25). The van der Waals surface area contributed by atoms with Crippen molar-refractivity contribution in [1.82, 2.24) is 15.4 Å². The molecule has 2 aromatic carbocycles. The Morgan fingerprint density at radius 1 is 1.08 bits per heavy atom. The zero-order valence-electron chi connectivity index (χ0n) is 14.1. The summed E-state index contributed by atoms with van der Waals surface area (Å²) < 4.78 is 7.31. The molecule has 0 aliphatic rings. The number of para-hydroxylation sites is 2. The molecule has 6 nitrogen and oxygen atoms in total. The van der Waals surface area contributed by atoms with Crippen molar-refractivity contribution < 1.29 is 14.3 Å². The maximum atomic E-state index is 12.1. The van der Waals surface area contributed by atoms with Crippen molar-refractivity contribution >= 4 is 34.3 Å². The molecule has 3 rings (SSSR count). The topological polar surface area (TPSA) is 72.4 Å². The number of nitrogens with zero attached hydrogens (tertiary/aromatic N) is 1. The van der Waals surface area contributed by atoms with Gasteiger partial charge in [0.05, 0.1) is 5.02 Å². The molecule has 2 N–H and O–H groups in total. The molecule has 134 valence electrons. The molecule has 0 radical (unpaired) electrons. The number of fused-ring (bicyclic) bond motifs is 1. The van der Waals surface area contributed by atoms with Gasteiger partial charge in [-0.1, -0.05) is 41.9 Å². The number of hydrazine groups is 1. The van der Waals surface area contributed by atoms with Crippen molar-refractivity contribution in [3.63, 3.8) is 0 Å². The number of benzene rings is 2. The molecule has 0 saturated carbocycles. The van der Waals surface area contributed by atoms with Crippen molar-refractivity contribution in [3.05, 3.63) is 65.8 Å². The van der Waals surface area contributed by atoms with E-state index in [9.17, 15) is 9.59 Å². The monoisotopic (exact) mass is 371 g/mol. The first-order valence-corrected chi connectivity index (χ1v) is 8.46. The lowest BCUT2D eigenvalue weighted by molar-refractivity contribution is -0.132. The zero-order chi connectivity index (χ0) is 18.5. The third-order valence-corrected chi connectivity index (χ3v) is 4.14. The van der Waals surface area contributed by atoms with Gasteiger partial charge in [-0.15, -0.1) is 0 Å². The molecule has 1 unspecified atom stereocenters. The van der Waals surface area contributed by atoms with Crippen molar-refractivity contribution in [1.29, 1.82) is 0 Å². The molecule has 1 atom stereocenters. The molecule has 7 heteroatoms. The average molecular weight is 372 g/mol. The number of nitrogens with one attached hydrogen (secondary N) is 2. The summed E-state index contributed by atoms with van der Waals surface area (Å²) in [6, 6.07) is 16.5. The molecule has 1 aromatic heterocycles. The lowest BCUT2D eigenvalue weighted by Crippen LogP contribution is -2.48. The fourth-order valence-corrected chi connectivity index (χ4v) is 2.67. The number of hydrogen-bond acceptors (Lipinski definition) is 3. The Morgan fingerprint density at radius 2 is 1.81 bits per heavy atom. The lowest BCUT2D eigenvalue weighted by Gasteiger charge is -2.16. The van der Waals surface area contributed by atoms with Crippen LogP contribution < -0.4 is 15.6 Å². The van der Waals surface area contributed by atoms with E-state index in [2.05, 4.69) is 10.9 Å². The average Bonchev–Trinajstić information content (AvgIpc) is 3.04. The van der Waals surface area contributed by atoms with Gasteiger partial charge >= 0.3 is 0 Å². The van der Waals surface area contributed by atoms with Crippen molar-refractivity contribution in [2.24, 2.45) is 0 Å². The number of carbonyl (C=O) groups excluding carboxylic acids is 2. The van der Waals surface area contributed by atoms with E-state index in [1.54, 1.807) is 35.8 Å².